The quantitative estimate of drug-likeness (QED) is 0.428. The number of benzene rings is 2. The van der Waals surface area contributed by atoms with Gasteiger partial charge >= 0.3 is 5.97 Å². The zero-order valence-electron chi connectivity index (χ0n) is 13.9. The highest BCUT2D eigenvalue weighted by Crippen LogP contribution is 2.21. The van der Waals surface area contributed by atoms with Crippen molar-refractivity contribution >= 4 is 5.97 Å². The van der Waals surface area contributed by atoms with E-state index in [9.17, 15) is 9.18 Å². The molecular weight excluding hydrogens is 311 g/mol. The lowest BCUT2D eigenvalue weighted by molar-refractivity contribution is -0.353. The molecule has 0 N–H and O–H groups in total. The van der Waals surface area contributed by atoms with Gasteiger partial charge in [-0.15, -0.1) is 0 Å². The molecule has 2 atom stereocenters. The molecule has 0 bridgehead atoms. The van der Waals surface area contributed by atoms with Gasteiger partial charge in [0.25, 0.3) is 6.36 Å². The topological polar surface area (TPSA) is 44.8 Å². The number of carbonyl (C=O) groups is 1. The van der Waals surface area contributed by atoms with Crippen molar-refractivity contribution in [2.45, 2.75) is 26.3 Å². The first-order valence-corrected chi connectivity index (χ1v) is 7.73. The molecule has 0 saturated heterocycles. The summed E-state index contributed by atoms with van der Waals surface area (Å²) >= 11 is 0. The lowest BCUT2D eigenvalue weighted by atomic mass is 10.0. The minimum atomic E-state index is -1.84. The monoisotopic (exact) mass is 332 g/mol. The number of halogens is 1. The van der Waals surface area contributed by atoms with Crippen LogP contribution in [0.4, 0.5) is 4.39 Å². The highest BCUT2D eigenvalue weighted by Gasteiger charge is 2.30. The first-order chi connectivity index (χ1) is 11.5. The van der Waals surface area contributed by atoms with E-state index >= 15 is 0 Å². The van der Waals surface area contributed by atoms with Crippen LogP contribution in [0, 0.1) is 5.92 Å². The summed E-state index contributed by atoms with van der Waals surface area (Å²) in [7, 11) is 1.20. The van der Waals surface area contributed by atoms with Crippen LogP contribution in [0.5, 0.6) is 0 Å². The number of ether oxygens (including phenoxy) is 1. The number of hydrogen-bond donors (Lipinski definition) is 0. The van der Waals surface area contributed by atoms with Crippen LogP contribution in [-0.2, 0) is 14.5 Å². The summed E-state index contributed by atoms with van der Waals surface area (Å²) in [5.74, 6) is -0.863. The van der Waals surface area contributed by atoms with E-state index in [1.165, 1.54) is 7.11 Å². The summed E-state index contributed by atoms with van der Waals surface area (Å²) in [4.78, 5) is 21.0. The van der Waals surface area contributed by atoms with Gasteiger partial charge in [0.15, 0.2) is 6.10 Å². The molecule has 0 spiro atoms. The van der Waals surface area contributed by atoms with Gasteiger partial charge in [-0.05, 0) is 29.2 Å². The SMILES string of the molecule is COO[C@@H](F)[C@H](OC(=O)c1ccc(-c2ccccc2)cc1)C(C)C. The molecule has 4 nitrogen and oxygen atoms in total. The minimum Gasteiger partial charge on any atom is -0.453 e. The highest BCUT2D eigenvalue weighted by atomic mass is 19.1. The van der Waals surface area contributed by atoms with Gasteiger partial charge < -0.3 is 4.74 Å². The second-order valence-electron chi connectivity index (χ2n) is 5.67. The van der Waals surface area contributed by atoms with E-state index in [2.05, 4.69) is 9.78 Å². The van der Waals surface area contributed by atoms with Crippen molar-refractivity contribution < 1.29 is 23.7 Å². The van der Waals surface area contributed by atoms with Crippen molar-refractivity contribution in [1.29, 1.82) is 0 Å². The Labute approximate surface area is 141 Å². The average Bonchev–Trinajstić information content (AvgIpc) is 2.60. The predicted octanol–water partition coefficient (Wildman–Crippen LogP) is 4.41. The first-order valence-electron chi connectivity index (χ1n) is 7.73. The lowest BCUT2D eigenvalue weighted by Crippen LogP contribution is -2.34. The van der Waals surface area contributed by atoms with E-state index < -0.39 is 18.4 Å². The fraction of sp³-hybridized carbons (Fsp3) is 0.316. The number of alkyl halides is 1. The maximum absolute atomic E-state index is 13.9. The van der Waals surface area contributed by atoms with Gasteiger partial charge in [0.2, 0.25) is 0 Å². The smallest absolute Gasteiger partial charge is 0.338 e. The van der Waals surface area contributed by atoms with E-state index in [4.69, 9.17) is 4.74 Å². The molecular formula is C19H21FO4. The highest BCUT2D eigenvalue weighted by molar-refractivity contribution is 5.90. The molecule has 5 heteroatoms. The average molecular weight is 332 g/mol. The summed E-state index contributed by atoms with van der Waals surface area (Å²) in [5.41, 5.74) is 2.39. The van der Waals surface area contributed by atoms with E-state index in [1.54, 1.807) is 26.0 Å². The van der Waals surface area contributed by atoms with Crippen molar-refractivity contribution in [2.24, 2.45) is 5.92 Å². The van der Waals surface area contributed by atoms with E-state index in [-0.39, 0.29) is 5.92 Å². The van der Waals surface area contributed by atoms with Crippen molar-refractivity contribution in [3.8, 4) is 11.1 Å². The molecule has 2 rings (SSSR count). The predicted molar refractivity (Wildman–Crippen MR) is 88.9 cm³/mol. The second-order valence-corrected chi connectivity index (χ2v) is 5.67. The zero-order chi connectivity index (χ0) is 17.5. The maximum Gasteiger partial charge on any atom is 0.338 e. The van der Waals surface area contributed by atoms with Crippen LogP contribution in [0.3, 0.4) is 0 Å². The normalized spacial score (nSPS) is 13.5. The van der Waals surface area contributed by atoms with Crippen LogP contribution in [-0.4, -0.2) is 25.5 Å². The molecule has 0 heterocycles. The van der Waals surface area contributed by atoms with Gasteiger partial charge in [-0.2, -0.15) is 4.89 Å². The minimum absolute atomic E-state index is 0.261. The van der Waals surface area contributed by atoms with Crippen molar-refractivity contribution in [1.82, 2.24) is 0 Å². The number of esters is 1. The van der Waals surface area contributed by atoms with E-state index in [0.29, 0.717) is 5.56 Å². The van der Waals surface area contributed by atoms with Crippen molar-refractivity contribution in [3.05, 3.63) is 60.2 Å². The zero-order valence-corrected chi connectivity index (χ0v) is 13.9. The summed E-state index contributed by atoms with van der Waals surface area (Å²) in [5, 5.41) is 0. The first kappa shape index (κ1) is 18.1. The molecule has 0 amide bonds. The maximum atomic E-state index is 13.9. The Hall–Kier alpha value is -2.24. The van der Waals surface area contributed by atoms with Crippen LogP contribution in [0.2, 0.25) is 0 Å². The molecule has 0 aromatic heterocycles. The Morgan fingerprint density at radius 2 is 1.54 bits per heavy atom. The molecule has 0 aliphatic heterocycles. The Bertz CT molecular complexity index is 640. The Morgan fingerprint density at radius 1 is 0.958 bits per heavy atom. The van der Waals surface area contributed by atoms with Gasteiger partial charge in [0.1, 0.15) is 0 Å². The molecule has 24 heavy (non-hydrogen) atoms. The fourth-order valence-electron chi connectivity index (χ4n) is 2.26. The largest absolute Gasteiger partial charge is 0.453 e. The summed E-state index contributed by atoms with van der Waals surface area (Å²) in [6, 6.07) is 16.8. The van der Waals surface area contributed by atoms with Crippen molar-refractivity contribution in [2.75, 3.05) is 7.11 Å². The molecule has 0 fully saturated rings. The second kappa shape index (κ2) is 8.57. The van der Waals surface area contributed by atoms with Gasteiger partial charge in [-0.3, -0.25) is 0 Å². The Balaban J connectivity index is 2.09. The van der Waals surface area contributed by atoms with Crippen LogP contribution in [0.25, 0.3) is 11.1 Å². The molecule has 2 aromatic carbocycles. The third-order valence-corrected chi connectivity index (χ3v) is 3.57. The van der Waals surface area contributed by atoms with Crippen LogP contribution in [0.15, 0.2) is 54.6 Å². The number of carbonyl (C=O) groups excluding carboxylic acids is 1. The van der Waals surface area contributed by atoms with Gasteiger partial charge in [0.05, 0.1) is 12.7 Å². The van der Waals surface area contributed by atoms with Crippen molar-refractivity contribution in [3.63, 3.8) is 0 Å². The number of hydrogen-bond acceptors (Lipinski definition) is 4. The molecule has 2 aromatic rings. The van der Waals surface area contributed by atoms with Gasteiger partial charge in [-0.1, -0.05) is 56.3 Å². The number of rotatable bonds is 7. The van der Waals surface area contributed by atoms with Crippen LogP contribution >= 0.6 is 0 Å². The lowest BCUT2D eigenvalue weighted by Gasteiger charge is -2.23. The molecule has 0 saturated carbocycles. The van der Waals surface area contributed by atoms with E-state index in [0.717, 1.165) is 11.1 Å². The Kier molecular flexibility index (Phi) is 6.46. The third-order valence-electron chi connectivity index (χ3n) is 3.57. The molecule has 0 unspecified atom stereocenters. The Morgan fingerprint density at radius 3 is 2.08 bits per heavy atom. The summed E-state index contributed by atoms with van der Waals surface area (Å²) in [6.07, 6.45) is -2.89. The fourth-order valence-corrected chi connectivity index (χ4v) is 2.26. The van der Waals surface area contributed by atoms with Gasteiger partial charge in [0, 0.05) is 0 Å². The third kappa shape index (κ3) is 4.63. The van der Waals surface area contributed by atoms with Crippen LogP contribution in [0.1, 0.15) is 24.2 Å². The standard InChI is InChI=1S/C19H21FO4/c1-13(2)17(18(20)24-22-3)23-19(21)16-11-9-15(10-12-16)14-7-5-4-6-8-14/h4-13,17-18H,1-3H3/t17-,18-/m1/s1. The van der Waals surface area contributed by atoms with E-state index in [1.807, 2.05) is 42.5 Å². The molecule has 0 aliphatic rings. The summed E-state index contributed by atoms with van der Waals surface area (Å²) in [6.45, 7) is 3.48. The van der Waals surface area contributed by atoms with Crippen LogP contribution < -0.4 is 0 Å². The molecule has 128 valence electrons. The molecule has 0 radical (unpaired) electrons. The molecule has 0 aliphatic carbocycles. The summed E-state index contributed by atoms with van der Waals surface area (Å²) < 4.78 is 19.1. The van der Waals surface area contributed by atoms with Gasteiger partial charge in [-0.25, -0.2) is 14.1 Å².